The number of unbranched alkanes of at least 4 members (excludes halogenated alkanes) is 2. The van der Waals surface area contributed by atoms with E-state index < -0.39 is 6.10 Å². The molecule has 0 rings (SSSR count). The maximum Gasteiger partial charge on any atom is 0.103 e. The minimum absolute atomic E-state index is 0.151. The first kappa shape index (κ1) is 17.8. The molecule has 5 heteroatoms. The SMILES string of the molecule is CC(OCCCCBr)C(O)COCCCCBr. The third kappa shape index (κ3) is 11.7. The highest BCUT2D eigenvalue weighted by atomic mass is 79.9. The number of aliphatic hydroxyl groups excluding tert-OH is 1. The van der Waals surface area contributed by atoms with E-state index in [4.69, 9.17) is 9.47 Å². The van der Waals surface area contributed by atoms with Gasteiger partial charge in [-0.15, -0.1) is 0 Å². The summed E-state index contributed by atoms with van der Waals surface area (Å²) >= 11 is 6.74. The molecule has 0 saturated carbocycles. The Morgan fingerprint density at radius 3 is 2.18 bits per heavy atom. The van der Waals surface area contributed by atoms with Crippen molar-refractivity contribution in [1.82, 2.24) is 0 Å². The third-order valence-corrected chi connectivity index (χ3v) is 3.53. The molecule has 0 spiro atoms. The number of ether oxygens (including phenoxy) is 2. The Morgan fingerprint density at radius 2 is 1.59 bits per heavy atom. The second-order valence-corrected chi connectivity index (χ2v) is 5.60. The normalized spacial score (nSPS) is 14.8. The average Bonchev–Trinajstić information content (AvgIpc) is 2.34. The molecule has 0 aromatic heterocycles. The zero-order chi connectivity index (χ0) is 12.9. The monoisotopic (exact) mass is 374 g/mol. The van der Waals surface area contributed by atoms with Gasteiger partial charge in [-0.1, -0.05) is 31.9 Å². The number of aliphatic hydroxyl groups is 1. The van der Waals surface area contributed by atoms with Crippen LogP contribution in [-0.2, 0) is 9.47 Å². The Kier molecular flexibility index (Phi) is 13.9. The van der Waals surface area contributed by atoms with E-state index in [-0.39, 0.29) is 6.10 Å². The Bertz CT molecular complexity index is 159. The van der Waals surface area contributed by atoms with Crippen LogP contribution < -0.4 is 0 Å². The molecular formula is C12H24Br2O3. The van der Waals surface area contributed by atoms with Gasteiger partial charge in [0.2, 0.25) is 0 Å². The van der Waals surface area contributed by atoms with E-state index in [1.54, 1.807) is 0 Å². The lowest BCUT2D eigenvalue weighted by Crippen LogP contribution is -2.31. The Hall–Kier alpha value is 0.840. The summed E-state index contributed by atoms with van der Waals surface area (Å²) in [4.78, 5) is 0. The number of halogens is 2. The number of hydrogen-bond acceptors (Lipinski definition) is 3. The second kappa shape index (κ2) is 13.3. The Balaban J connectivity index is 3.36. The van der Waals surface area contributed by atoms with Gasteiger partial charge in [-0.05, 0) is 32.6 Å². The van der Waals surface area contributed by atoms with Gasteiger partial charge in [0.05, 0.1) is 12.7 Å². The summed E-state index contributed by atoms with van der Waals surface area (Å²) in [7, 11) is 0. The minimum atomic E-state index is -0.525. The molecule has 0 radical (unpaired) electrons. The fraction of sp³-hybridized carbons (Fsp3) is 1.00. The maximum atomic E-state index is 9.76. The van der Waals surface area contributed by atoms with E-state index >= 15 is 0 Å². The summed E-state index contributed by atoms with van der Waals surface area (Å²) in [5.74, 6) is 0. The lowest BCUT2D eigenvalue weighted by molar-refractivity contribution is -0.0644. The zero-order valence-electron chi connectivity index (χ0n) is 10.5. The standard InChI is InChI=1S/C12H24Br2O3/c1-11(17-9-5-3-7-14)12(15)10-16-8-4-2-6-13/h11-12,15H,2-10H2,1H3. The topological polar surface area (TPSA) is 38.7 Å². The lowest BCUT2D eigenvalue weighted by Gasteiger charge is -2.19. The number of rotatable bonds is 12. The molecule has 0 amide bonds. The van der Waals surface area contributed by atoms with E-state index in [9.17, 15) is 5.11 Å². The molecule has 0 fully saturated rings. The molecule has 2 unspecified atom stereocenters. The fourth-order valence-electron chi connectivity index (χ4n) is 1.22. The molecule has 0 aliphatic heterocycles. The predicted molar refractivity (Wildman–Crippen MR) is 78.3 cm³/mol. The van der Waals surface area contributed by atoms with Crippen molar-refractivity contribution in [2.45, 2.75) is 44.8 Å². The molecule has 104 valence electrons. The van der Waals surface area contributed by atoms with Crippen LogP contribution in [0, 0.1) is 0 Å². The molecule has 0 heterocycles. The summed E-state index contributed by atoms with van der Waals surface area (Å²) < 4.78 is 10.9. The van der Waals surface area contributed by atoms with Crippen LogP contribution in [0.25, 0.3) is 0 Å². The van der Waals surface area contributed by atoms with Gasteiger partial charge in [0.25, 0.3) is 0 Å². The van der Waals surface area contributed by atoms with Crippen LogP contribution in [-0.4, -0.2) is 47.8 Å². The van der Waals surface area contributed by atoms with Gasteiger partial charge >= 0.3 is 0 Å². The highest BCUT2D eigenvalue weighted by molar-refractivity contribution is 9.09. The summed E-state index contributed by atoms with van der Waals surface area (Å²) in [6.45, 7) is 3.66. The van der Waals surface area contributed by atoms with Crippen molar-refractivity contribution < 1.29 is 14.6 Å². The van der Waals surface area contributed by atoms with E-state index in [1.165, 1.54) is 0 Å². The molecular weight excluding hydrogens is 352 g/mol. The average molecular weight is 376 g/mol. The van der Waals surface area contributed by atoms with E-state index in [2.05, 4.69) is 31.9 Å². The first-order chi connectivity index (χ1) is 8.22. The maximum absolute atomic E-state index is 9.76. The first-order valence-electron chi connectivity index (χ1n) is 6.21. The fourth-order valence-corrected chi connectivity index (χ4v) is 2.01. The van der Waals surface area contributed by atoms with Crippen LogP contribution in [0.1, 0.15) is 32.6 Å². The molecule has 17 heavy (non-hydrogen) atoms. The van der Waals surface area contributed by atoms with Crippen LogP contribution in [0.3, 0.4) is 0 Å². The Labute approximate surface area is 122 Å². The highest BCUT2D eigenvalue weighted by Crippen LogP contribution is 2.03. The van der Waals surface area contributed by atoms with Crippen molar-refractivity contribution in [3.8, 4) is 0 Å². The van der Waals surface area contributed by atoms with Gasteiger partial charge in [-0.3, -0.25) is 0 Å². The summed E-state index contributed by atoms with van der Waals surface area (Å²) in [6, 6.07) is 0. The molecule has 0 bridgehead atoms. The van der Waals surface area contributed by atoms with Crippen molar-refractivity contribution >= 4 is 31.9 Å². The van der Waals surface area contributed by atoms with Crippen molar-refractivity contribution in [3.05, 3.63) is 0 Å². The van der Waals surface area contributed by atoms with Crippen molar-refractivity contribution in [2.24, 2.45) is 0 Å². The summed E-state index contributed by atoms with van der Waals surface area (Å²) in [5, 5.41) is 11.8. The van der Waals surface area contributed by atoms with Gasteiger partial charge in [-0.2, -0.15) is 0 Å². The van der Waals surface area contributed by atoms with Crippen molar-refractivity contribution in [3.63, 3.8) is 0 Å². The minimum Gasteiger partial charge on any atom is -0.388 e. The Morgan fingerprint density at radius 1 is 1.00 bits per heavy atom. The molecule has 0 aliphatic rings. The van der Waals surface area contributed by atoms with Gasteiger partial charge in [0.1, 0.15) is 6.10 Å². The van der Waals surface area contributed by atoms with Crippen LogP contribution in [0.15, 0.2) is 0 Å². The van der Waals surface area contributed by atoms with Gasteiger partial charge in [0.15, 0.2) is 0 Å². The van der Waals surface area contributed by atoms with Crippen molar-refractivity contribution in [2.75, 3.05) is 30.5 Å². The number of alkyl halides is 2. The lowest BCUT2D eigenvalue weighted by atomic mass is 10.2. The molecule has 0 saturated heterocycles. The largest absolute Gasteiger partial charge is 0.388 e. The van der Waals surface area contributed by atoms with Gasteiger partial charge in [0, 0.05) is 23.9 Å². The van der Waals surface area contributed by atoms with Gasteiger partial charge in [-0.25, -0.2) is 0 Å². The third-order valence-electron chi connectivity index (χ3n) is 2.41. The summed E-state index contributed by atoms with van der Waals surface area (Å²) in [6.07, 6.45) is 3.58. The molecule has 1 N–H and O–H groups in total. The molecule has 3 nitrogen and oxygen atoms in total. The van der Waals surface area contributed by atoms with Crippen LogP contribution >= 0.6 is 31.9 Å². The predicted octanol–water partition coefficient (Wildman–Crippen LogP) is 3.12. The molecule has 2 atom stereocenters. The highest BCUT2D eigenvalue weighted by Gasteiger charge is 2.14. The number of hydrogen-bond donors (Lipinski definition) is 1. The van der Waals surface area contributed by atoms with E-state index in [0.29, 0.717) is 19.8 Å². The van der Waals surface area contributed by atoms with E-state index in [1.807, 2.05) is 6.92 Å². The van der Waals surface area contributed by atoms with Crippen LogP contribution in [0.4, 0.5) is 0 Å². The smallest absolute Gasteiger partial charge is 0.103 e. The van der Waals surface area contributed by atoms with Crippen LogP contribution in [0.2, 0.25) is 0 Å². The summed E-state index contributed by atoms with van der Waals surface area (Å²) in [5.41, 5.74) is 0. The molecule has 0 aromatic carbocycles. The molecule has 0 aromatic rings. The van der Waals surface area contributed by atoms with E-state index in [0.717, 1.165) is 36.3 Å². The van der Waals surface area contributed by atoms with Crippen LogP contribution in [0.5, 0.6) is 0 Å². The van der Waals surface area contributed by atoms with Gasteiger partial charge < -0.3 is 14.6 Å². The quantitative estimate of drug-likeness (QED) is 0.420. The first-order valence-corrected chi connectivity index (χ1v) is 8.46. The zero-order valence-corrected chi connectivity index (χ0v) is 13.7. The molecule has 0 aliphatic carbocycles. The van der Waals surface area contributed by atoms with Crippen molar-refractivity contribution in [1.29, 1.82) is 0 Å². The second-order valence-electron chi connectivity index (χ2n) is 4.01.